The molecule has 1 amide bonds. The van der Waals surface area contributed by atoms with Gasteiger partial charge in [0.05, 0.1) is 24.4 Å². The van der Waals surface area contributed by atoms with Crippen molar-refractivity contribution >= 4 is 5.91 Å². The number of pyridine rings is 1. The smallest absolute Gasteiger partial charge is 0.254 e. The van der Waals surface area contributed by atoms with Gasteiger partial charge < -0.3 is 10.1 Å². The van der Waals surface area contributed by atoms with E-state index in [-0.39, 0.29) is 11.6 Å². The molecule has 0 saturated carbocycles. The van der Waals surface area contributed by atoms with Gasteiger partial charge in [-0.05, 0) is 12.5 Å². The SMILES string of the molecule is CCC(COC)NC(=O)c1ccncc1F. The van der Waals surface area contributed by atoms with Crippen LogP contribution < -0.4 is 5.32 Å². The van der Waals surface area contributed by atoms with Gasteiger partial charge in [0, 0.05) is 13.3 Å². The van der Waals surface area contributed by atoms with Gasteiger partial charge in [-0.2, -0.15) is 0 Å². The highest BCUT2D eigenvalue weighted by molar-refractivity contribution is 5.94. The molecule has 5 heteroatoms. The molecule has 0 fully saturated rings. The molecule has 0 aliphatic carbocycles. The number of carbonyl (C=O) groups excluding carboxylic acids is 1. The van der Waals surface area contributed by atoms with Crippen molar-refractivity contribution in [3.8, 4) is 0 Å². The number of nitrogens with zero attached hydrogens (tertiary/aromatic N) is 1. The van der Waals surface area contributed by atoms with Crippen LogP contribution in [0.15, 0.2) is 18.5 Å². The molecule has 1 rings (SSSR count). The van der Waals surface area contributed by atoms with E-state index >= 15 is 0 Å². The summed E-state index contributed by atoms with van der Waals surface area (Å²) in [5, 5.41) is 2.69. The number of nitrogens with one attached hydrogen (secondary N) is 1. The van der Waals surface area contributed by atoms with E-state index < -0.39 is 11.7 Å². The molecule has 0 aromatic carbocycles. The van der Waals surface area contributed by atoms with Crippen molar-refractivity contribution in [1.82, 2.24) is 10.3 Å². The van der Waals surface area contributed by atoms with E-state index in [9.17, 15) is 9.18 Å². The van der Waals surface area contributed by atoms with Gasteiger partial charge in [0.2, 0.25) is 0 Å². The first-order valence-corrected chi connectivity index (χ1v) is 5.08. The molecule has 16 heavy (non-hydrogen) atoms. The molecule has 0 spiro atoms. The number of hydrogen-bond acceptors (Lipinski definition) is 3. The Balaban J connectivity index is 2.68. The van der Waals surface area contributed by atoms with Crippen molar-refractivity contribution in [2.45, 2.75) is 19.4 Å². The average molecular weight is 226 g/mol. The van der Waals surface area contributed by atoms with Crippen LogP contribution >= 0.6 is 0 Å². The Kier molecular flexibility index (Phi) is 4.85. The number of aromatic nitrogens is 1. The van der Waals surface area contributed by atoms with Crippen LogP contribution in [0, 0.1) is 5.82 Å². The molecule has 1 N–H and O–H groups in total. The van der Waals surface area contributed by atoms with Crippen molar-refractivity contribution in [1.29, 1.82) is 0 Å². The Hall–Kier alpha value is -1.49. The van der Waals surface area contributed by atoms with Crippen LogP contribution in [0.4, 0.5) is 4.39 Å². The normalized spacial score (nSPS) is 12.2. The maximum absolute atomic E-state index is 13.2. The number of methoxy groups -OCH3 is 1. The summed E-state index contributed by atoms with van der Waals surface area (Å²) in [7, 11) is 1.56. The Morgan fingerprint density at radius 1 is 1.69 bits per heavy atom. The van der Waals surface area contributed by atoms with Crippen LogP contribution in [0.5, 0.6) is 0 Å². The lowest BCUT2D eigenvalue weighted by Crippen LogP contribution is -2.37. The van der Waals surface area contributed by atoms with Gasteiger partial charge in [-0.25, -0.2) is 4.39 Å². The number of halogens is 1. The summed E-state index contributed by atoms with van der Waals surface area (Å²) in [4.78, 5) is 15.3. The van der Waals surface area contributed by atoms with E-state index in [0.29, 0.717) is 6.61 Å². The van der Waals surface area contributed by atoms with E-state index in [1.165, 1.54) is 12.3 Å². The topological polar surface area (TPSA) is 51.2 Å². The summed E-state index contributed by atoms with van der Waals surface area (Å²) in [5.74, 6) is -1.06. The molecule has 0 aliphatic heterocycles. The summed E-state index contributed by atoms with van der Waals surface area (Å²) < 4.78 is 18.2. The molecular weight excluding hydrogens is 211 g/mol. The van der Waals surface area contributed by atoms with Gasteiger partial charge in [-0.1, -0.05) is 6.92 Å². The molecule has 4 nitrogen and oxygen atoms in total. The van der Waals surface area contributed by atoms with Gasteiger partial charge in [0.1, 0.15) is 0 Å². The largest absolute Gasteiger partial charge is 0.383 e. The summed E-state index contributed by atoms with van der Waals surface area (Å²) >= 11 is 0. The van der Waals surface area contributed by atoms with Crippen LogP contribution in [0.1, 0.15) is 23.7 Å². The molecular formula is C11H15FN2O2. The van der Waals surface area contributed by atoms with Crippen LogP contribution in [0.3, 0.4) is 0 Å². The fourth-order valence-corrected chi connectivity index (χ4v) is 1.29. The Morgan fingerprint density at radius 2 is 2.44 bits per heavy atom. The molecule has 1 aromatic rings. The molecule has 0 bridgehead atoms. The molecule has 1 unspecified atom stereocenters. The minimum Gasteiger partial charge on any atom is -0.383 e. The number of amides is 1. The lowest BCUT2D eigenvalue weighted by Gasteiger charge is -2.15. The fraction of sp³-hybridized carbons (Fsp3) is 0.455. The van der Waals surface area contributed by atoms with Crippen molar-refractivity contribution in [2.24, 2.45) is 0 Å². The van der Waals surface area contributed by atoms with Crippen LogP contribution in [-0.2, 0) is 4.74 Å². The second-order valence-electron chi connectivity index (χ2n) is 3.39. The zero-order valence-electron chi connectivity index (χ0n) is 9.37. The number of carbonyl (C=O) groups is 1. The maximum atomic E-state index is 13.2. The Morgan fingerprint density at radius 3 is 3.00 bits per heavy atom. The first-order valence-electron chi connectivity index (χ1n) is 5.08. The quantitative estimate of drug-likeness (QED) is 0.825. The summed E-state index contributed by atoms with van der Waals surface area (Å²) in [6.45, 7) is 2.34. The molecule has 0 radical (unpaired) electrons. The summed E-state index contributed by atoms with van der Waals surface area (Å²) in [6, 6.07) is 1.24. The van der Waals surface area contributed by atoms with Gasteiger partial charge >= 0.3 is 0 Å². The lowest BCUT2D eigenvalue weighted by atomic mass is 10.2. The zero-order chi connectivity index (χ0) is 12.0. The van der Waals surface area contributed by atoms with Gasteiger partial charge in [0.25, 0.3) is 5.91 Å². The summed E-state index contributed by atoms with van der Waals surface area (Å²) in [6.07, 6.45) is 3.13. The monoisotopic (exact) mass is 226 g/mol. The van der Waals surface area contributed by atoms with Crippen LogP contribution in [-0.4, -0.2) is 30.6 Å². The predicted octanol–water partition coefficient (Wildman–Crippen LogP) is 1.38. The van der Waals surface area contributed by atoms with E-state index in [4.69, 9.17) is 4.74 Å². The highest BCUT2D eigenvalue weighted by atomic mass is 19.1. The summed E-state index contributed by atoms with van der Waals surface area (Å²) in [5.41, 5.74) is 0.00422. The molecule has 88 valence electrons. The van der Waals surface area contributed by atoms with Gasteiger partial charge in [-0.3, -0.25) is 9.78 Å². The van der Waals surface area contributed by atoms with Crippen molar-refractivity contribution in [2.75, 3.05) is 13.7 Å². The Bertz CT molecular complexity index is 358. The highest BCUT2D eigenvalue weighted by Gasteiger charge is 2.15. The van der Waals surface area contributed by atoms with E-state index in [0.717, 1.165) is 12.6 Å². The minimum absolute atomic E-state index is 0.00422. The first-order chi connectivity index (χ1) is 7.69. The van der Waals surface area contributed by atoms with Crippen LogP contribution in [0.2, 0.25) is 0 Å². The molecule has 1 aromatic heterocycles. The van der Waals surface area contributed by atoms with Crippen molar-refractivity contribution in [3.05, 3.63) is 29.8 Å². The third-order valence-corrected chi connectivity index (χ3v) is 2.21. The minimum atomic E-state index is -0.618. The first kappa shape index (κ1) is 12.6. The average Bonchev–Trinajstić information content (AvgIpc) is 2.28. The van der Waals surface area contributed by atoms with Crippen LogP contribution in [0.25, 0.3) is 0 Å². The Labute approximate surface area is 93.8 Å². The molecule has 0 aliphatic rings. The lowest BCUT2D eigenvalue weighted by molar-refractivity contribution is 0.0890. The number of rotatable bonds is 5. The van der Waals surface area contributed by atoms with Crippen molar-refractivity contribution in [3.63, 3.8) is 0 Å². The van der Waals surface area contributed by atoms with E-state index in [1.54, 1.807) is 7.11 Å². The molecule has 1 atom stereocenters. The third kappa shape index (κ3) is 3.27. The van der Waals surface area contributed by atoms with E-state index in [1.807, 2.05) is 6.92 Å². The second kappa shape index (κ2) is 6.17. The number of hydrogen-bond donors (Lipinski definition) is 1. The fourth-order valence-electron chi connectivity index (χ4n) is 1.29. The number of ether oxygens (including phenoxy) is 1. The van der Waals surface area contributed by atoms with Gasteiger partial charge in [0.15, 0.2) is 5.82 Å². The van der Waals surface area contributed by atoms with Crippen molar-refractivity contribution < 1.29 is 13.9 Å². The standard InChI is InChI=1S/C11H15FN2O2/c1-3-8(7-16-2)14-11(15)9-4-5-13-6-10(9)12/h4-6,8H,3,7H2,1-2H3,(H,14,15). The maximum Gasteiger partial charge on any atom is 0.254 e. The molecule has 0 saturated heterocycles. The highest BCUT2D eigenvalue weighted by Crippen LogP contribution is 2.05. The van der Waals surface area contributed by atoms with E-state index in [2.05, 4.69) is 10.3 Å². The van der Waals surface area contributed by atoms with Gasteiger partial charge in [-0.15, -0.1) is 0 Å². The molecule has 1 heterocycles. The zero-order valence-corrected chi connectivity index (χ0v) is 9.37. The predicted molar refractivity (Wildman–Crippen MR) is 57.6 cm³/mol. The second-order valence-corrected chi connectivity index (χ2v) is 3.39. The third-order valence-electron chi connectivity index (χ3n) is 2.21.